The van der Waals surface area contributed by atoms with Gasteiger partial charge in [0.2, 0.25) is 0 Å². The summed E-state index contributed by atoms with van der Waals surface area (Å²) in [7, 11) is 0. The van der Waals surface area contributed by atoms with E-state index in [4.69, 9.17) is 0 Å². The maximum Gasteiger partial charge on any atom is 0.278 e. The van der Waals surface area contributed by atoms with Crippen LogP contribution in [0.1, 0.15) is 5.69 Å². The maximum absolute atomic E-state index is 10.8. The largest absolute Gasteiger partial charge is 0.282 e. The first kappa shape index (κ1) is 9.39. The van der Waals surface area contributed by atoms with Crippen LogP contribution in [0.15, 0.2) is 30.3 Å². The summed E-state index contributed by atoms with van der Waals surface area (Å²) in [6, 6.07) is 8.34. The van der Waals surface area contributed by atoms with E-state index in [1.54, 1.807) is 24.3 Å². The van der Waals surface area contributed by atoms with E-state index in [0.29, 0.717) is 11.3 Å². The zero-order valence-electron chi connectivity index (χ0n) is 8.10. The first-order valence-electron chi connectivity index (χ1n) is 4.44. The number of nitro groups is 1. The lowest BCUT2D eigenvalue weighted by Gasteiger charge is -1.97. The van der Waals surface area contributed by atoms with Crippen molar-refractivity contribution in [2.24, 2.45) is 0 Å². The molecule has 76 valence electrons. The Bertz CT molecular complexity index is 505. The first-order valence-corrected chi connectivity index (χ1v) is 4.44. The van der Waals surface area contributed by atoms with Crippen molar-refractivity contribution in [3.8, 4) is 11.3 Å². The highest BCUT2D eigenvalue weighted by atomic mass is 16.6. The maximum atomic E-state index is 10.8. The van der Waals surface area contributed by atoms with E-state index < -0.39 is 4.92 Å². The summed E-state index contributed by atoms with van der Waals surface area (Å²) in [6.45, 7) is 1.85. The molecule has 2 rings (SSSR count). The summed E-state index contributed by atoms with van der Waals surface area (Å²) in [4.78, 5) is 10.4. The predicted molar refractivity (Wildman–Crippen MR) is 55.4 cm³/mol. The van der Waals surface area contributed by atoms with Crippen LogP contribution in [-0.2, 0) is 0 Å². The summed E-state index contributed by atoms with van der Waals surface area (Å²) in [5, 5.41) is 17.5. The van der Waals surface area contributed by atoms with Crippen LogP contribution in [0.25, 0.3) is 11.3 Å². The monoisotopic (exact) mass is 203 g/mol. The van der Waals surface area contributed by atoms with Gasteiger partial charge in [-0.2, -0.15) is 5.10 Å². The van der Waals surface area contributed by atoms with E-state index in [1.165, 1.54) is 6.07 Å². The van der Waals surface area contributed by atoms with E-state index in [1.807, 2.05) is 6.92 Å². The quantitative estimate of drug-likeness (QED) is 0.601. The third kappa shape index (κ3) is 1.71. The van der Waals surface area contributed by atoms with Crippen molar-refractivity contribution in [3.05, 3.63) is 46.1 Å². The molecule has 1 N–H and O–H groups in total. The van der Waals surface area contributed by atoms with Gasteiger partial charge >= 0.3 is 0 Å². The average molecular weight is 203 g/mol. The fraction of sp³-hybridized carbons (Fsp3) is 0.100. The van der Waals surface area contributed by atoms with E-state index in [-0.39, 0.29) is 5.69 Å². The minimum Gasteiger partial charge on any atom is -0.282 e. The summed E-state index contributed by atoms with van der Waals surface area (Å²) in [5.41, 5.74) is 2.08. The molecule has 15 heavy (non-hydrogen) atoms. The molecule has 1 aromatic heterocycles. The number of hydrogen-bond donors (Lipinski definition) is 1. The molecule has 0 unspecified atom stereocenters. The SMILES string of the molecule is Cc1cc(-c2ccccc2[N+](=O)[O-])n[nH]1. The Morgan fingerprint density at radius 1 is 1.40 bits per heavy atom. The molecule has 0 atom stereocenters. The van der Waals surface area contributed by atoms with Crippen LogP contribution < -0.4 is 0 Å². The van der Waals surface area contributed by atoms with Crippen LogP contribution >= 0.6 is 0 Å². The molecule has 0 bridgehead atoms. The molecule has 1 aromatic carbocycles. The fourth-order valence-corrected chi connectivity index (χ4v) is 1.41. The molecule has 0 fully saturated rings. The number of H-pyrrole nitrogens is 1. The van der Waals surface area contributed by atoms with Crippen LogP contribution in [0.5, 0.6) is 0 Å². The second-order valence-corrected chi connectivity index (χ2v) is 3.21. The van der Waals surface area contributed by atoms with Crippen LogP contribution in [0.4, 0.5) is 5.69 Å². The first-order chi connectivity index (χ1) is 7.18. The van der Waals surface area contributed by atoms with Gasteiger partial charge in [0.1, 0.15) is 0 Å². The molecule has 0 saturated heterocycles. The van der Waals surface area contributed by atoms with Gasteiger partial charge in [-0.3, -0.25) is 15.2 Å². The summed E-state index contributed by atoms with van der Waals surface area (Å²) in [5.74, 6) is 0. The van der Waals surface area contributed by atoms with Gasteiger partial charge in [0, 0.05) is 11.8 Å². The summed E-state index contributed by atoms with van der Waals surface area (Å²) >= 11 is 0. The number of nitrogens with zero attached hydrogens (tertiary/aromatic N) is 2. The van der Waals surface area contributed by atoms with Crippen molar-refractivity contribution in [1.29, 1.82) is 0 Å². The number of aromatic nitrogens is 2. The van der Waals surface area contributed by atoms with Crippen LogP contribution in [0.3, 0.4) is 0 Å². The van der Waals surface area contributed by atoms with Crippen molar-refractivity contribution in [2.75, 3.05) is 0 Å². The number of rotatable bonds is 2. The molecule has 0 aliphatic heterocycles. The van der Waals surface area contributed by atoms with Gasteiger partial charge in [-0.1, -0.05) is 12.1 Å². The molecule has 0 radical (unpaired) electrons. The van der Waals surface area contributed by atoms with E-state index in [0.717, 1.165) is 5.69 Å². The number of hydrogen-bond acceptors (Lipinski definition) is 3. The van der Waals surface area contributed by atoms with Gasteiger partial charge in [0.15, 0.2) is 0 Å². The summed E-state index contributed by atoms with van der Waals surface area (Å²) in [6.07, 6.45) is 0. The Morgan fingerprint density at radius 2 is 2.13 bits per heavy atom. The highest BCUT2D eigenvalue weighted by Crippen LogP contribution is 2.27. The van der Waals surface area contributed by atoms with Crippen LogP contribution in [0.2, 0.25) is 0 Å². The molecule has 0 spiro atoms. The molecule has 0 saturated carbocycles. The molecule has 0 aliphatic carbocycles. The van der Waals surface area contributed by atoms with Crippen molar-refractivity contribution >= 4 is 5.69 Å². The molecular formula is C10H9N3O2. The number of nitro benzene ring substituents is 1. The van der Waals surface area contributed by atoms with Crippen molar-refractivity contribution in [2.45, 2.75) is 6.92 Å². The zero-order chi connectivity index (χ0) is 10.8. The van der Waals surface area contributed by atoms with Gasteiger partial charge in [-0.05, 0) is 19.1 Å². The van der Waals surface area contributed by atoms with E-state index in [2.05, 4.69) is 10.2 Å². The lowest BCUT2D eigenvalue weighted by molar-refractivity contribution is -0.384. The van der Waals surface area contributed by atoms with Gasteiger partial charge in [-0.25, -0.2) is 0 Å². The Balaban J connectivity index is 2.57. The third-order valence-corrected chi connectivity index (χ3v) is 2.08. The standard InChI is InChI=1S/C10H9N3O2/c1-7-6-9(12-11-7)8-4-2-3-5-10(8)13(14)15/h2-6H,1H3,(H,11,12). The molecule has 0 aliphatic rings. The van der Waals surface area contributed by atoms with E-state index in [9.17, 15) is 10.1 Å². The molecule has 1 heterocycles. The minimum absolute atomic E-state index is 0.0731. The van der Waals surface area contributed by atoms with Crippen molar-refractivity contribution in [1.82, 2.24) is 10.2 Å². The summed E-state index contributed by atoms with van der Waals surface area (Å²) < 4.78 is 0. The van der Waals surface area contributed by atoms with Gasteiger partial charge in [0.05, 0.1) is 16.2 Å². The third-order valence-electron chi connectivity index (χ3n) is 2.08. The van der Waals surface area contributed by atoms with Gasteiger partial charge in [-0.15, -0.1) is 0 Å². The number of aromatic amines is 1. The van der Waals surface area contributed by atoms with Crippen LogP contribution in [-0.4, -0.2) is 15.1 Å². The molecule has 5 nitrogen and oxygen atoms in total. The fourth-order valence-electron chi connectivity index (χ4n) is 1.41. The normalized spacial score (nSPS) is 10.2. The minimum atomic E-state index is -0.403. The topological polar surface area (TPSA) is 71.8 Å². The zero-order valence-corrected chi connectivity index (χ0v) is 8.10. The van der Waals surface area contributed by atoms with E-state index >= 15 is 0 Å². The number of aryl methyl sites for hydroxylation is 1. The van der Waals surface area contributed by atoms with Crippen molar-refractivity contribution in [3.63, 3.8) is 0 Å². The van der Waals surface area contributed by atoms with Gasteiger partial charge < -0.3 is 0 Å². The molecule has 0 amide bonds. The smallest absolute Gasteiger partial charge is 0.278 e. The highest BCUT2D eigenvalue weighted by molar-refractivity contribution is 5.70. The van der Waals surface area contributed by atoms with Crippen molar-refractivity contribution < 1.29 is 4.92 Å². The number of nitrogens with one attached hydrogen (secondary N) is 1. The molecule has 5 heteroatoms. The Labute approximate surface area is 85.9 Å². The second-order valence-electron chi connectivity index (χ2n) is 3.21. The average Bonchev–Trinajstić information content (AvgIpc) is 2.65. The molecular weight excluding hydrogens is 194 g/mol. The number of benzene rings is 1. The molecule has 2 aromatic rings. The Kier molecular flexibility index (Phi) is 2.21. The lowest BCUT2D eigenvalue weighted by atomic mass is 10.1. The Morgan fingerprint density at radius 3 is 2.73 bits per heavy atom. The van der Waals surface area contributed by atoms with Crippen LogP contribution in [0, 0.1) is 17.0 Å². The number of para-hydroxylation sites is 1. The second kappa shape index (κ2) is 3.53. The predicted octanol–water partition coefficient (Wildman–Crippen LogP) is 2.29. The lowest BCUT2D eigenvalue weighted by Crippen LogP contribution is -1.91. The Hall–Kier alpha value is -2.17. The highest BCUT2D eigenvalue weighted by Gasteiger charge is 2.15. The van der Waals surface area contributed by atoms with Gasteiger partial charge in [0.25, 0.3) is 5.69 Å².